The predicted molar refractivity (Wildman–Crippen MR) is 61.8 cm³/mol. The molecule has 1 saturated heterocycles. The molecule has 1 aliphatic heterocycles. The van der Waals surface area contributed by atoms with Crippen LogP contribution in [0.1, 0.15) is 6.42 Å². The molecular weight excluding hydrogens is 210 g/mol. The van der Waals surface area contributed by atoms with Crippen LogP contribution in [-0.2, 0) is 4.79 Å². The summed E-state index contributed by atoms with van der Waals surface area (Å²) in [6, 6.07) is 7.09. The quantitative estimate of drug-likeness (QED) is 0.711. The third-order valence-corrected chi connectivity index (χ3v) is 2.63. The van der Waals surface area contributed by atoms with Gasteiger partial charge in [-0.1, -0.05) is 24.8 Å². The third-order valence-electron chi connectivity index (χ3n) is 2.38. The van der Waals surface area contributed by atoms with E-state index in [2.05, 4.69) is 13.2 Å². The summed E-state index contributed by atoms with van der Waals surface area (Å²) in [4.78, 5) is 13.2. The summed E-state index contributed by atoms with van der Waals surface area (Å²) >= 11 is 5.78. The van der Waals surface area contributed by atoms with Crippen LogP contribution in [0.2, 0.25) is 5.02 Å². The van der Waals surface area contributed by atoms with E-state index < -0.39 is 0 Å². The number of carbonyl (C=O) groups is 1. The zero-order chi connectivity index (χ0) is 11.0. The van der Waals surface area contributed by atoms with Gasteiger partial charge >= 0.3 is 0 Å². The molecule has 0 aliphatic carbocycles. The molecule has 3 heteroatoms. The molecule has 1 heterocycles. The van der Waals surface area contributed by atoms with E-state index in [4.69, 9.17) is 11.6 Å². The molecule has 2 nitrogen and oxygen atoms in total. The molecule has 2 rings (SSSR count). The number of hydrogen-bond donors (Lipinski definition) is 0. The van der Waals surface area contributed by atoms with Crippen molar-refractivity contribution in [1.82, 2.24) is 0 Å². The summed E-state index contributed by atoms with van der Waals surface area (Å²) in [7, 11) is 0. The van der Waals surface area contributed by atoms with E-state index >= 15 is 0 Å². The van der Waals surface area contributed by atoms with Crippen LogP contribution >= 0.6 is 11.6 Å². The van der Waals surface area contributed by atoms with Crippen molar-refractivity contribution >= 4 is 23.2 Å². The number of allylic oxidation sites excluding steroid dienone is 1. The lowest BCUT2D eigenvalue weighted by molar-refractivity contribution is -0.116. The zero-order valence-corrected chi connectivity index (χ0v) is 8.92. The third kappa shape index (κ3) is 1.68. The van der Waals surface area contributed by atoms with Gasteiger partial charge in [-0.2, -0.15) is 0 Å². The fourth-order valence-corrected chi connectivity index (χ4v) is 1.69. The van der Waals surface area contributed by atoms with Gasteiger partial charge in [-0.05, 0) is 29.8 Å². The molecule has 0 atom stereocenters. The van der Waals surface area contributed by atoms with E-state index in [1.54, 1.807) is 29.2 Å². The SMILES string of the molecule is C=C1CC(=O)N(c2ccc(Cl)cc2)C1=C. The van der Waals surface area contributed by atoms with Crippen molar-refractivity contribution in [3.8, 4) is 0 Å². The summed E-state index contributed by atoms with van der Waals surface area (Å²) in [6.07, 6.45) is 0.349. The average molecular weight is 220 g/mol. The maximum atomic E-state index is 11.7. The molecule has 0 spiro atoms. The van der Waals surface area contributed by atoms with E-state index in [1.807, 2.05) is 0 Å². The molecule has 1 fully saturated rings. The van der Waals surface area contributed by atoms with Crippen LogP contribution in [0.4, 0.5) is 5.69 Å². The summed E-state index contributed by atoms with van der Waals surface area (Å²) in [5.41, 5.74) is 2.23. The number of nitrogens with zero attached hydrogens (tertiary/aromatic N) is 1. The fourth-order valence-electron chi connectivity index (χ4n) is 1.56. The largest absolute Gasteiger partial charge is 0.281 e. The Morgan fingerprint density at radius 2 is 1.80 bits per heavy atom. The predicted octanol–water partition coefficient (Wildman–Crippen LogP) is 3.15. The highest BCUT2D eigenvalue weighted by Gasteiger charge is 2.28. The van der Waals surface area contributed by atoms with Crippen LogP contribution in [0.3, 0.4) is 0 Å². The Morgan fingerprint density at radius 1 is 1.20 bits per heavy atom. The number of rotatable bonds is 1. The molecule has 1 aliphatic rings. The standard InChI is InChI=1S/C12H10ClNO/c1-8-7-12(15)14(9(8)2)11-5-3-10(13)4-6-11/h3-6H,1-2,7H2. The van der Waals surface area contributed by atoms with E-state index in [-0.39, 0.29) is 5.91 Å². The van der Waals surface area contributed by atoms with Crippen molar-refractivity contribution in [3.63, 3.8) is 0 Å². The number of carbonyl (C=O) groups excluding carboxylic acids is 1. The van der Waals surface area contributed by atoms with Gasteiger partial charge in [-0.15, -0.1) is 0 Å². The first-order chi connectivity index (χ1) is 7.09. The van der Waals surface area contributed by atoms with Crippen molar-refractivity contribution in [2.75, 3.05) is 4.90 Å². The second-order valence-corrected chi connectivity index (χ2v) is 3.87. The molecule has 0 unspecified atom stereocenters. The minimum absolute atomic E-state index is 0.00678. The van der Waals surface area contributed by atoms with Gasteiger partial charge in [0.1, 0.15) is 0 Å². The molecule has 0 N–H and O–H groups in total. The van der Waals surface area contributed by atoms with Crippen molar-refractivity contribution in [1.29, 1.82) is 0 Å². The van der Waals surface area contributed by atoms with Gasteiger partial charge in [0, 0.05) is 16.4 Å². The van der Waals surface area contributed by atoms with Gasteiger partial charge in [-0.25, -0.2) is 0 Å². The second-order valence-electron chi connectivity index (χ2n) is 3.43. The Balaban J connectivity index is 2.39. The maximum Gasteiger partial charge on any atom is 0.236 e. The molecule has 1 amide bonds. The molecule has 0 aromatic heterocycles. The lowest BCUT2D eigenvalue weighted by Crippen LogP contribution is -2.21. The number of halogens is 1. The van der Waals surface area contributed by atoms with Crippen molar-refractivity contribution < 1.29 is 4.79 Å². The van der Waals surface area contributed by atoms with E-state index in [0.717, 1.165) is 11.3 Å². The highest BCUT2D eigenvalue weighted by Crippen LogP contribution is 2.31. The first-order valence-corrected chi connectivity index (χ1v) is 4.93. The summed E-state index contributed by atoms with van der Waals surface area (Å²) in [5, 5.41) is 0.648. The second kappa shape index (κ2) is 3.55. The topological polar surface area (TPSA) is 20.3 Å². The number of anilines is 1. The summed E-state index contributed by atoms with van der Waals surface area (Å²) in [6.45, 7) is 7.63. The van der Waals surface area contributed by atoms with Crippen LogP contribution in [0, 0.1) is 0 Å². The van der Waals surface area contributed by atoms with E-state index in [0.29, 0.717) is 17.1 Å². The highest BCUT2D eigenvalue weighted by atomic mass is 35.5. The highest BCUT2D eigenvalue weighted by molar-refractivity contribution is 6.30. The zero-order valence-electron chi connectivity index (χ0n) is 8.16. The number of hydrogen-bond acceptors (Lipinski definition) is 1. The normalized spacial score (nSPS) is 16.3. The first kappa shape index (κ1) is 9.99. The molecule has 15 heavy (non-hydrogen) atoms. The number of benzene rings is 1. The van der Waals surface area contributed by atoms with Crippen LogP contribution in [0.15, 0.2) is 48.7 Å². The Morgan fingerprint density at radius 3 is 2.27 bits per heavy atom. The van der Waals surface area contributed by atoms with E-state index in [9.17, 15) is 4.79 Å². The molecule has 1 aromatic rings. The van der Waals surface area contributed by atoms with Gasteiger partial charge in [0.05, 0.1) is 6.42 Å². The minimum Gasteiger partial charge on any atom is -0.281 e. The van der Waals surface area contributed by atoms with Crippen LogP contribution in [0.25, 0.3) is 0 Å². The van der Waals surface area contributed by atoms with Crippen LogP contribution in [0.5, 0.6) is 0 Å². The van der Waals surface area contributed by atoms with Gasteiger partial charge < -0.3 is 0 Å². The van der Waals surface area contributed by atoms with Crippen LogP contribution < -0.4 is 4.90 Å². The molecule has 76 valence electrons. The van der Waals surface area contributed by atoms with Crippen LogP contribution in [-0.4, -0.2) is 5.91 Å². The van der Waals surface area contributed by atoms with Crippen molar-refractivity contribution in [2.24, 2.45) is 0 Å². The Kier molecular flexibility index (Phi) is 2.37. The summed E-state index contributed by atoms with van der Waals surface area (Å²) < 4.78 is 0. The molecular formula is C12H10ClNO. The first-order valence-electron chi connectivity index (χ1n) is 4.55. The lowest BCUT2D eigenvalue weighted by atomic mass is 10.2. The van der Waals surface area contributed by atoms with E-state index in [1.165, 1.54) is 0 Å². The average Bonchev–Trinajstić information content (AvgIpc) is 2.44. The van der Waals surface area contributed by atoms with Gasteiger partial charge in [0.15, 0.2) is 0 Å². The maximum absolute atomic E-state index is 11.7. The smallest absolute Gasteiger partial charge is 0.236 e. The Labute approximate surface area is 93.5 Å². The lowest BCUT2D eigenvalue weighted by Gasteiger charge is -2.16. The van der Waals surface area contributed by atoms with Gasteiger partial charge in [0.25, 0.3) is 0 Å². The Hall–Kier alpha value is -1.54. The fraction of sp³-hybridized carbons (Fsp3) is 0.0833. The van der Waals surface area contributed by atoms with Gasteiger partial charge in [-0.3, -0.25) is 9.69 Å². The number of amides is 1. The molecule has 0 saturated carbocycles. The minimum atomic E-state index is 0.00678. The van der Waals surface area contributed by atoms with Gasteiger partial charge in [0.2, 0.25) is 5.91 Å². The van der Waals surface area contributed by atoms with Crippen molar-refractivity contribution in [2.45, 2.75) is 6.42 Å². The monoisotopic (exact) mass is 219 g/mol. The molecule has 0 bridgehead atoms. The Bertz CT molecular complexity index is 447. The molecule has 1 aromatic carbocycles. The molecule has 0 radical (unpaired) electrons. The summed E-state index contributed by atoms with van der Waals surface area (Å²) in [5.74, 6) is 0.00678. The van der Waals surface area contributed by atoms with Crippen molar-refractivity contribution in [3.05, 3.63) is 53.7 Å².